The molecule has 0 radical (unpaired) electrons. The molecule has 0 saturated carbocycles. The summed E-state index contributed by atoms with van der Waals surface area (Å²) in [4.78, 5) is 18.5. The SMILES string of the molecule is CCOC(=O)CCOc1ccncn1. The van der Waals surface area contributed by atoms with Gasteiger partial charge in [0.25, 0.3) is 0 Å². The van der Waals surface area contributed by atoms with Crippen molar-refractivity contribution < 1.29 is 14.3 Å². The van der Waals surface area contributed by atoms with E-state index in [1.165, 1.54) is 6.33 Å². The summed E-state index contributed by atoms with van der Waals surface area (Å²) in [6.07, 6.45) is 3.20. The monoisotopic (exact) mass is 196 g/mol. The van der Waals surface area contributed by atoms with Gasteiger partial charge in [-0.1, -0.05) is 0 Å². The first-order chi connectivity index (χ1) is 6.83. The number of rotatable bonds is 5. The summed E-state index contributed by atoms with van der Waals surface area (Å²) >= 11 is 0. The maximum Gasteiger partial charge on any atom is 0.309 e. The Morgan fingerprint density at radius 1 is 1.57 bits per heavy atom. The zero-order valence-corrected chi connectivity index (χ0v) is 7.97. The number of aromatic nitrogens is 2. The maximum atomic E-state index is 10.9. The lowest BCUT2D eigenvalue weighted by molar-refractivity contribution is -0.143. The molecule has 0 amide bonds. The van der Waals surface area contributed by atoms with Crippen LogP contribution in [0.3, 0.4) is 0 Å². The first-order valence-electron chi connectivity index (χ1n) is 4.37. The van der Waals surface area contributed by atoms with Crippen LogP contribution in [-0.4, -0.2) is 29.2 Å². The third-order valence-corrected chi connectivity index (χ3v) is 1.42. The van der Waals surface area contributed by atoms with E-state index < -0.39 is 0 Å². The first kappa shape index (κ1) is 10.4. The van der Waals surface area contributed by atoms with Crippen LogP contribution in [0.25, 0.3) is 0 Å². The van der Waals surface area contributed by atoms with E-state index in [4.69, 9.17) is 9.47 Å². The highest BCUT2D eigenvalue weighted by atomic mass is 16.5. The van der Waals surface area contributed by atoms with Crippen LogP contribution in [0.5, 0.6) is 5.88 Å². The van der Waals surface area contributed by atoms with Gasteiger partial charge < -0.3 is 9.47 Å². The van der Waals surface area contributed by atoms with Gasteiger partial charge in [-0.25, -0.2) is 9.97 Å². The third kappa shape index (κ3) is 3.84. The fraction of sp³-hybridized carbons (Fsp3) is 0.444. The summed E-state index contributed by atoms with van der Waals surface area (Å²) in [6.45, 7) is 2.44. The smallest absolute Gasteiger partial charge is 0.309 e. The Morgan fingerprint density at radius 3 is 3.07 bits per heavy atom. The predicted molar refractivity (Wildman–Crippen MR) is 48.8 cm³/mol. The average Bonchev–Trinajstić information content (AvgIpc) is 2.20. The number of carbonyl (C=O) groups excluding carboxylic acids is 1. The zero-order valence-electron chi connectivity index (χ0n) is 7.97. The van der Waals surface area contributed by atoms with E-state index in [1.807, 2.05) is 0 Å². The maximum absolute atomic E-state index is 10.9. The van der Waals surface area contributed by atoms with Gasteiger partial charge in [-0.05, 0) is 6.92 Å². The van der Waals surface area contributed by atoms with Crippen LogP contribution in [-0.2, 0) is 9.53 Å². The van der Waals surface area contributed by atoms with Gasteiger partial charge in [0.2, 0.25) is 5.88 Å². The molecule has 0 atom stereocenters. The Bertz CT molecular complexity index is 277. The fourth-order valence-corrected chi connectivity index (χ4v) is 0.836. The molecule has 0 saturated heterocycles. The standard InChI is InChI=1S/C9H12N2O3/c1-2-13-9(12)4-6-14-8-3-5-10-7-11-8/h3,5,7H,2,4,6H2,1H3. The zero-order chi connectivity index (χ0) is 10.2. The predicted octanol–water partition coefficient (Wildman–Crippen LogP) is 0.809. The summed E-state index contributed by atoms with van der Waals surface area (Å²) in [5.74, 6) is 0.200. The summed E-state index contributed by atoms with van der Waals surface area (Å²) in [5.41, 5.74) is 0. The molecule has 0 aliphatic rings. The lowest BCUT2D eigenvalue weighted by Gasteiger charge is -2.03. The first-order valence-corrected chi connectivity index (χ1v) is 4.37. The number of ether oxygens (including phenoxy) is 2. The highest BCUT2D eigenvalue weighted by Crippen LogP contribution is 2.01. The number of hydrogen-bond acceptors (Lipinski definition) is 5. The van der Waals surface area contributed by atoms with Crippen LogP contribution < -0.4 is 4.74 Å². The van der Waals surface area contributed by atoms with Crippen molar-refractivity contribution >= 4 is 5.97 Å². The minimum Gasteiger partial charge on any atom is -0.477 e. The Hall–Kier alpha value is -1.65. The summed E-state index contributed by atoms with van der Waals surface area (Å²) < 4.78 is 9.90. The van der Waals surface area contributed by atoms with Crippen molar-refractivity contribution in [2.75, 3.05) is 13.2 Å². The van der Waals surface area contributed by atoms with Crippen LogP contribution >= 0.6 is 0 Å². The molecule has 0 bridgehead atoms. The van der Waals surface area contributed by atoms with Crippen molar-refractivity contribution in [1.29, 1.82) is 0 Å². The third-order valence-electron chi connectivity index (χ3n) is 1.42. The second-order valence-corrected chi connectivity index (χ2v) is 2.45. The van der Waals surface area contributed by atoms with E-state index in [0.717, 1.165) is 0 Å². The van der Waals surface area contributed by atoms with Crippen molar-refractivity contribution in [1.82, 2.24) is 9.97 Å². The van der Waals surface area contributed by atoms with Crippen LogP contribution in [0.2, 0.25) is 0 Å². The molecule has 0 spiro atoms. The number of esters is 1. The van der Waals surface area contributed by atoms with Crippen molar-refractivity contribution in [3.8, 4) is 5.88 Å². The van der Waals surface area contributed by atoms with Crippen LogP contribution in [0.15, 0.2) is 18.6 Å². The van der Waals surface area contributed by atoms with Gasteiger partial charge in [-0.3, -0.25) is 4.79 Å². The second kappa shape index (κ2) is 5.90. The summed E-state index contributed by atoms with van der Waals surface area (Å²) in [6, 6.07) is 1.63. The number of hydrogen-bond donors (Lipinski definition) is 0. The van der Waals surface area contributed by atoms with E-state index in [2.05, 4.69) is 9.97 Å². The van der Waals surface area contributed by atoms with Crippen molar-refractivity contribution in [3.63, 3.8) is 0 Å². The minimum absolute atomic E-state index is 0.234. The number of carbonyl (C=O) groups is 1. The highest BCUT2D eigenvalue weighted by molar-refractivity contribution is 5.69. The van der Waals surface area contributed by atoms with Gasteiger partial charge in [-0.15, -0.1) is 0 Å². The largest absolute Gasteiger partial charge is 0.477 e. The Balaban J connectivity index is 2.19. The Kier molecular flexibility index (Phi) is 4.40. The van der Waals surface area contributed by atoms with Gasteiger partial charge in [0.05, 0.1) is 13.0 Å². The van der Waals surface area contributed by atoms with E-state index in [0.29, 0.717) is 12.5 Å². The van der Waals surface area contributed by atoms with Crippen LogP contribution in [0.4, 0.5) is 0 Å². The van der Waals surface area contributed by atoms with Gasteiger partial charge >= 0.3 is 5.97 Å². The molecular weight excluding hydrogens is 184 g/mol. The lowest BCUT2D eigenvalue weighted by atomic mass is 10.5. The highest BCUT2D eigenvalue weighted by Gasteiger charge is 2.01. The van der Waals surface area contributed by atoms with E-state index in [9.17, 15) is 4.79 Å². The Morgan fingerprint density at radius 2 is 2.43 bits per heavy atom. The van der Waals surface area contributed by atoms with Crippen LogP contribution in [0, 0.1) is 0 Å². The molecule has 0 aromatic carbocycles. The molecule has 5 nitrogen and oxygen atoms in total. The van der Waals surface area contributed by atoms with Gasteiger partial charge in [-0.2, -0.15) is 0 Å². The average molecular weight is 196 g/mol. The molecule has 5 heteroatoms. The summed E-state index contributed by atoms with van der Waals surface area (Å²) in [7, 11) is 0. The van der Waals surface area contributed by atoms with Gasteiger partial charge in [0.1, 0.15) is 12.9 Å². The molecule has 76 valence electrons. The van der Waals surface area contributed by atoms with E-state index in [-0.39, 0.29) is 19.0 Å². The molecule has 1 aromatic rings. The molecule has 1 rings (SSSR count). The Labute approximate surface area is 82.1 Å². The van der Waals surface area contributed by atoms with Crippen molar-refractivity contribution in [3.05, 3.63) is 18.6 Å². The minimum atomic E-state index is -0.262. The van der Waals surface area contributed by atoms with E-state index in [1.54, 1.807) is 19.2 Å². The molecule has 1 heterocycles. The molecule has 14 heavy (non-hydrogen) atoms. The normalized spacial score (nSPS) is 9.50. The van der Waals surface area contributed by atoms with Crippen molar-refractivity contribution in [2.45, 2.75) is 13.3 Å². The molecule has 0 N–H and O–H groups in total. The molecule has 1 aromatic heterocycles. The molecule has 0 fully saturated rings. The topological polar surface area (TPSA) is 61.3 Å². The van der Waals surface area contributed by atoms with Gasteiger partial charge in [0.15, 0.2) is 0 Å². The molecule has 0 aliphatic carbocycles. The fourth-order valence-electron chi connectivity index (χ4n) is 0.836. The quantitative estimate of drug-likeness (QED) is 0.652. The van der Waals surface area contributed by atoms with Gasteiger partial charge in [0, 0.05) is 12.3 Å². The van der Waals surface area contributed by atoms with Crippen LogP contribution in [0.1, 0.15) is 13.3 Å². The summed E-state index contributed by atoms with van der Waals surface area (Å²) in [5, 5.41) is 0. The van der Waals surface area contributed by atoms with Crippen molar-refractivity contribution in [2.24, 2.45) is 0 Å². The molecular formula is C9H12N2O3. The molecule has 0 aliphatic heterocycles. The number of nitrogens with zero attached hydrogens (tertiary/aromatic N) is 2. The van der Waals surface area contributed by atoms with E-state index >= 15 is 0 Å². The lowest BCUT2D eigenvalue weighted by Crippen LogP contribution is -2.09. The second-order valence-electron chi connectivity index (χ2n) is 2.45. The molecule has 0 unspecified atom stereocenters.